The van der Waals surface area contributed by atoms with Crippen LogP contribution in [0.5, 0.6) is 5.75 Å². The number of aryl methyl sites for hydroxylation is 1. The van der Waals surface area contributed by atoms with Gasteiger partial charge in [0.2, 0.25) is 0 Å². The highest BCUT2D eigenvalue weighted by atomic mass is 35.5. The summed E-state index contributed by atoms with van der Waals surface area (Å²) in [4.78, 5) is 12.7. The van der Waals surface area contributed by atoms with E-state index < -0.39 is 0 Å². The first-order valence-electron chi connectivity index (χ1n) is 8.82. The molecule has 0 bridgehead atoms. The Labute approximate surface area is 172 Å². The second-order valence-corrected chi connectivity index (χ2v) is 6.67. The van der Waals surface area contributed by atoms with Crippen molar-refractivity contribution in [1.82, 2.24) is 15.1 Å². The van der Waals surface area contributed by atoms with Crippen molar-refractivity contribution in [3.05, 3.63) is 81.9 Å². The number of aromatic nitrogens is 2. The van der Waals surface area contributed by atoms with Crippen molar-refractivity contribution >= 4 is 17.5 Å². The molecule has 0 atom stereocenters. The molecule has 148 valence electrons. The van der Waals surface area contributed by atoms with E-state index in [2.05, 4.69) is 10.4 Å². The van der Waals surface area contributed by atoms with Gasteiger partial charge in [-0.15, -0.1) is 0 Å². The van der Waals surface area contributed by atoms with E-state index in [0.717, 1.165) is 11.1 Å². The Morgan fingerprint density at radius 1 is 1.28 bits per heavy atom. The highest BCUT2D eigenvalue weighted by Crippen LogP contribution is 2.21. The molecule has 0 saturated heterocycles. The molecule has 3 rings (SSSR count). The first-order valence-corrected chi connectivity index (χ1v) is 9.20. The summed E-state index contributed by atoms with van der Waals surface area (Å²) in [6.45, 7) is 2.25. The van der Waals surface area contributed by atoms with Crippen LogP contribution in [0.15, 0.2) is 48.5 Å². The van der Waals surface area contributed by atoms with Gasteiger partial charge in [-0.1, -0.05) is 35.9 Å². The summed E-state index contributed by atoms with van der Waals surface area (Å²) in [6.07, 6.45) is 0. The first kappa shape index (κ1) is 20.4. The molecule has 1 aromatic heterocycles. The van der Waals surface area contributed by atoms with Crippen LogP contribution in [0.25, 0.3) is 0 Å². The van der Waals surface area contributed by atoms with Gasteiger partial charge in [0, 0.05) is 6.54 Å². The van der Waals surface area contributed by atoms with Gasteiger partial charge < -0.3 is 10.1 Å². The predicted octanol–water partition coefficient (Wildman–Crippen LogP) is 3.86. The van der Waals surface area contributed by atoms with Crippen molar-refractivity contribution in [1.29, 1.82) is 5.26 Å². The number of amides is 1. The monoisotopic (exact) mass is 412 g/mol. The van der Waals surface area contributed by atoms with E-state index in [9.17, 15) is 9.18 Å². The predicted molar refractivity (Wildman–Crippen MR) is 106 cm³/mol. The van der Waals surface area contributed by atoms with E-state index in [1.807, 2.05) is 12.1 Å². The molecule has 29 heavy (non-hydrogen) atoms. The molecule has 0 spiro atoms. The zero-order valence-electron chi connectivity index (χ0n) is 15.7. The molecular formula is C21H18ClFN4O2. The molecule has 0 unspecified atom stereocenters. The number of halogens is 2. The summed E-state index contributed by atoms with van der Waals surface area (Å²) in [7, 11) is 0. The van der Waals surface area contributed by atoms with Gasteiger partial charge >= 0.3 is 0 Å². The number of nitriles is 1. The topological polar surface area (TPSA) is 79.9 Å². The van der Waals surface area contributed by atoms with Crippen LogP contribution in [0.4, 0.5) is 4.39 Å². The van der Waals surface area contributed by atoms with Crippen LogP contribution >= 0.6 is 11.6 Å². The summed E-state index contributed by atoms with van der Waals surface area (Å²) >= 11 is 6.38. The highest BCUT2D eigenvalue weighted by molar-refractivity contribution is 6.33. The van der Waals surface area contributed by atoms with E-state index in [1.54, 1.807) is 37.3 Å². The lowest BCUT2D eigenvalue weighted by atomic mass is 10.2. The molecule has 0 radical (unpaired) electrons. The smallest absolute Gasteiger partial charge is 0.256 e. The minimum Gasteiger partial charge on any atom is -0.479 e. The molecule has 1 N–H and O–H groups in total. The van der Waals surface area contributed by atoms with Gasteiger partial charge in [0.15, 0.2) is 6.61 Å². The summed E-state index contributed by atoms with van der Waals surface area (Å²) in [5.74, 6) is -0.112. The number of benzene rings is 2. The Bertz CT molecular complexity index is 1060. The Kier molecular flexibility index (Phi) is 6.47. The van der Waals surface area contributed by atoms with Crippen LogP contribution in [-0.4, -0.2) is 22.3 Å². The van der Waals surface area contributed by atoms with Crippen molar-refractivity contribution in [3.8, 4) is 11.8 Å². The first-order chi connectivity index (χ1) is 14.0. The number of rotatable bonds is 7. The zero-order chi connectivity index (χ0) is 20.8. The second-order valence-electron chi connectivity index (χ2n) is 6.31. The largest absolute Gasteiger partial charge is 0.479 e. The Hall–Kier alpha value is -3.37. The molecule has 1 heterocycles. The number of nitrogens with zero attached hydrogens (tertiary/aromatic N) is 3. The number of ether oxygens (including phenoxy) is 1. The molecule has 3 aromatic rings. The second kappa shape index (κ2) is 9.22. The van der Waals surface area contributed by atoms with E-state index in [-0.39, 0.29) is 30.0 Å². The Morgan fingerprint density at radius 3 is 2.76 bits per heavy atom. The lowest BCUT2D eigenvalue weighted by molar-refractivity contribution is 0.0950. The Balaban J connectivity index is 1.69. The molecular weight excluding hydrogens is 395 g/mol. The van der Waals surface area contributed by atoms with Crippen molar-refractivity contribution in [2.75, 3.05) is 6.61 Å². The molecule has 1 amide bonds. The molecule has 0 aliphatic heterocycles. The van der Waals surface area contributed by atoms with Crippen molar-refractivity contribution in [2.45, 2.75) is 20.0 Å². The molecule has 8 heteroatoms. The number of nitrogens with one attached hydrogen (secondary N) is 1. The standard InChI is InChI=1S/C21H18ClFN4O2/c1-14-19(20(22)27(26-14)13-15-5-7-17(23)8-6-15)21(28)25-12-16-3-2-4-18(11-16)29-10-9-24/h2-8,11H,10,12-13H2,1H3,(H,25,28). The number of hydrogen-bond acceptors (Lipinski definition) is 4. The maximum atomic E-state index is 13.1. The average molecular weight is 413 g/mol. The molecule has 2 aromatic carbocycles. The van der Waals surface area contributed by atoms with Crippen molar-refractivity contribution in [2.24, 2.45) is 0 Å². The SMILES string of the molecule is Cc1nn(Cc2ccc(F)cc2)c(Cl)c1C(=O)NCc1cccc(OCC#N)c1. The lowest BCUT2D eigenvalue weighted by Crippen LogP contribution is -2.23. The molecule has 0 aliphatic carbocycles. The van der Waals surface area contributed by atoms with Crippen molar-refractivity contribution in [3.63, 3.8) is 0 Å². The molecule has 0 fully saturated rings. The van der Waals surface area contributed by atoms with Gasteiger partial charge in [0.25, 0.3) is 5.91 Å². The summed E-state index contributed by atoms with van der Waals surface area (Å²) in [5, 5.41) is 16.0. The fourth-order valence-corrected chi connectivity index (χ4v) is 3.13. The minimum absolute atomic E-state index is 0.0438. The number of carbonyl (C=O) groups is 1. The van der Waals surface area contributed by atoms with E-state index >= 15 is 0 Å². The molecule has 0 aliphatic rings. The maximum absolute atomic E-state index is 13.1. The van der Waals surface area contributed by atoms with Gasteiger partial charge in [-0.05, 0) is 42.3 Å². The number of hydrogen-bond donors (Lipinski definition) is 1. The van der Waals surface area contributed by atoms with Crippen LogP contribution in [-0.2, 0) is 13.1 Å². The third-order valence-corrected chi connectivity index (χ3v) is 4.58. The third-order valence-electron chi connectivity index (χ3n) is 4.19. The van der Waals surface area contributed by atoms with Crippen LogP contribution in [0.2, 0.25) is 5.15 Å². The van der Waals surface area contributed by atoms with Crippen molar-refractivity contribution < 1.29 is 13.9 Å². The third kappa shape index (κ3) is 5.12. The fraction of sp³-hybridized carbons (Fsp3) is 0.190. The summed E-state index contributed by atoms with van der Waals surface area (Å²) in [6, 6.07) is 15.0. The number of carbonyl (C=O) groups excluding carboxylic acids is 1. The van der Waals surface area contributed by atoms with Crippen LogP contribution in [0, 0.1) is 24.1 Å². The Morgan fingerprint density at radius 2 is 2.03 bits per heavy atom. The molecule has 6 nitrogen and oxygen atoms in total. The summed E-state index contributed by atoms with van der Waals surface area (Å²) in [5.41, 5.74) is 2.43. The minimum atomic E-state index is -0.346. The quantitative estimate of drug-likeness (QED) is 0.639. The zero-order valence-corrected chi connectivity index (χ0v) is 16.4. The van der Waals surface area contributed by atoms with E-state index in [4.69, 9.17) is 21.6 Å². The van der Waals surface area contributed by atoms with E-state index in [0.29, 0.717) is 23.6 Å². The van der Waals surface area contributed by atoms with Gasteiger partial charge in [-0.25, -0.2) is 9.07 Å². The maximum Gasteiger partial charge on any atom is 0.256 e. The van der Waals surface area contributed by atoms with Crippen LogP contribution in [0.3, 0.4) is 0 Å². The highest BCUT2D eigenvalue weighted by Gasteiger charge is 2.20. The van der Waals surface area contributed by atoms with Gasteiger partial charge in [0.05, 0.1) is 17.8 Å². The van der Waals surface area contributed by atoms with Gasteiger partial charge in [-0.3, -0.25) is 4.79 Å². The van der Waals surface area contributed by atoms with Crippen LogP contribution < -0.4 is 10.1 Å². The van der Waals surface area contributed by atoms with Gasteiger partial charge in [-0.2, -0.15) is 10.4 Å². The fourth-order valence-electron chi connectivity index (χ4n) is 2.81. The average Bonchev–Trinajstić information content (AvgIpc) is 2.99. The van der Waals surface area contributed by atoms with Crippen LogP contribution in [0.1, 0.15) is 27.2 Å². The van der Waals surface area contributed by atoms with Gasteiger partial charge in [0.1, 0.15) is 22.8 Å². The molecule has 0 saturated carbocycles. The summed E-state index contributed by atoms with van der Waals surface area (Å²) < 4.78 is 19.8. The normalized spacial score (nSPS) is 10.4. The van der Waals surface area contributed by atoms with E-state index in [1.165, 1.54) is 16.8 Å². The lowest BCUT2D eigenvalue weighted by Gasteiger charge is -2.08.